The van der Waals surface area contributed by atoms with Crippen molar-refractivity contribution in [2.24, 2.45) is 0 Å². The molecule has 2 N–H and O–H groups in total. The van der Waals surface area contributed by atoms with Crippen LogP contribution in [0.4, 0.5) is 5.69 Å². The summed E-state index contributed by atoms with van der Waals surface area (Å²) in [6.07, 6.45) is 3.71. The predicted molar refractivity (Wildman–Crippen MR) is 103 cm³/mol. The maximum Gasteiger partial charge on any atom is 0.251 e. The van der Waals surface area contributed by atoms with Crippen molar-refractivity contribution < 1.29 is 13.2 Å². The summed E-state index contributed by atoms with van der Waals surface area (Å²) in [5.74, 6) is -0.267. The molecule has 1 heterocycles. The van der Waals surface area contributed by atoms with Crippen molar-refractivity contribution in [2.75, 3.05) is 17.5 Å². The van der Waals surface area contributed by atoms with Crippen molar-refractivity contribution in [1.29, 1.82) is 0 Å². The molecular weight excluding hydrogens is 350 g/mol. The van der Waals surface area contributed by atoms with Crippen LogP contribution >= 0.6 is 0 Å². The monoisotopic (exact) mass is 369 g/mol. The number of sulfonamides is 1. The van der Waals surface area contributed by atoms with E-state index in [-0.39, 0.29) is 11.7 Å². The summed E-state index contributed by atoms with van der Waals surface area (Å²) in [5, 5.41) is 4.42. The Morgan fingerprint density at radius 3 is 2.73 bits per heavy atom. The van der Waals surface area contributed by atoms with Gasteiger partial charge in [-0.2, -0.15) is 0 Å². The van der Waals surface area contributed by atoms with Gasteiger partial charge in [0.2, 0.25) is 10.0 Å². The van der Waals surface area contributed by atoms with Crippen molar-refractivity contribution in [1.82, 2.24) is 10.3 Å². The van der Waals surface area contributed by atoms with Gasteiger partial charge < -0.3 is 5.32 Å². The third kappa shape index (κ3) is 4.37. The number of pyridine rings is 1. The first kappa shape index (κ1) is 17.9. The van der Waals surface area contributed by atoms with Crippen molar-refractivity contribution in [3.05, 3.63) is 72.1 Å². The number of rotatable bonds is 6. The predicted octanol–water partition coefficient (Wildman–Crippen LogP) is 2.58. The molecule has 1 aromatic heterocycles. The van der Waals surface area contributed by atoms with E-state index in [9.17, 15) is 13.2 Å². The number of hydrogen-bond donors (Lipinski definition) is 2. The normalized spacial score (nSPS) is 11.3. The van der Waals surface area contributed by atoms with Crippen LogP contribution in [0, 0.1) is 0 Å². The third-order valence-electron chi connectivity index (χ3n) is 3.99. The van der Waals surface area contributed by atoms with Crippen LogP contribution < -0.4 is 10.0 Å². The Morgan fingerprint density at radius 1 is 1.08 bits per heavy atom. The van der Waals surface area contributed by atoms with Crippen molar-refractivity contribution in [3.8, 4) is 0 Å². The molecule has 2 aromatic carbocycles. The maximum atomic E-state index is 12.4. The topological polar surface area (TPSA) is 88.2 Å². The molecule has 0 bridgehead atoms. The summed E-state index contributed by atoms with van der Waals surface area (Å²) in [7, 11) is -1.95. The van der Waals surface area contributed by atoms with Gasteiger partial charge in [-0.3, -0.25) is 14.5 Å². The van der Waals surface area contributed by atoms with Gasteiger partial charge in [-0.05, 0) is 47.7 Å². The molecule has 3 aromatic rings. The van der Waals surface area contributed by atoms with Crippen LogP contribution in [-0.4, -0.2) is 32.1 Å². The van der Waals surface area contributed by atoms with Crippen LogP contribution in [0.2, 0.25) is 0 Å². The minimum Gasteiger partial charge on any atom is -0.355 e. The molecule has 0 aliphatic heterocycles. The van der Waals surface area contributed by atoms with Crippen LogP contribution in [0.3, 0.4) is 0 Å². The zero-order chi connectivity index (χ0) is 18.6. The molecule has 26 heavy (non-hydrogen) atoms. The number of aryl methyl sites for hydroxylation is 1. The van der Waals surface area contributed by atoms with Crippen LogP contribution in [0.5, 0.6) is 0 Å². The second kappa shape index (κ2) is 7.53. The van der Waals surface area contributed by atoms with Crippen LogP contribution in [0.1, 0.15) is 15.9 Å². The van der Waals surface area contributed by atoms with Gasteiger partial charge >= 0.3 is 0 Å². The van der Waals surface area contributed by atoms with E-state index in [1.54, 1.807) is 49.8 Å². The molecule has 0 saturated heterocycles. The van der Waals surface area contributed by atoms with Gasteiger partial charge in [-0.15, -0.1) is 0 Å². The Labute approximate surface area is 152 Å². The Hall–Kier alpha value is -2.93. The fourth-order valence-electron chi connectivity index (χ4n) is 2.64. The highest BCUT2D eigenvalue weighted by Gasteiger charge is 2.12. The van der Waals surface area contributed by atoms with E-state index < -0.39 is 10.0 Å². The number of anilines is 1. The lowest BCUT2D eigenvalue weighted by Gasteiger charge is -2.09. The number of fused-ring (bicyclic) bond motifs is 1. The number of amides is 1. The number of aromatic nitrogens is 1. The fraction of sp³-hybridized carbons (Fsp3) is 0.158. The molecule has 7 heteroatoms. The number of nitrogens with one attached hydrogen (secondary N) is 2. The number of hydrogen-bond acceptors (Lipinski definition) is 4. The second-order valence-corrected chi connectivity index (χ2v) is 7.73. The molecule has 6 nitrogen and oxygen atoms in total. The minimum absolute atomic E-state index is 0.0709. The van der Waals surface area contributed by atoms with Gasteiger partial charge in [-0.1, -0.05) is 18.2 Å². The third-order valence-corrected chi connectivity index (χ3v) is 5.28. The zero-order valence-electron chi connectivity index (χ0n) is 14.3. The lowest BCUT2D eigenvalue weighted by Crippen LogP contribution is -2.19. The largest absolute Gasteiger partial charge is 0.355 e. The quantitative estimate of drug-likeness (QED) is 0.699. The van der Waals surface area contributed by atoms with Gasteiger partial charge in [0.15, 0.2) is 0 Å². The van der Waals surface area contributed by atoms with E-state index in [1.165, 1.54) is 0 Å². The summed E-state index contributed by atoms with van der Waals surface area (Å²) in [4.78, 5) is 15.7. The fourth-order valence-corrected chi connectivity index (χ4v) is 3.73. The number of carbonyl (C=O) groups is 1. The van der Waals surface area contributed by atoms with Gasteiger partial charge in [0.25, 0.3) is 5.91 Å². The molecule has 0 saturated carbocycles. The lowest BCUT2D eigenvalue weighted by atomic mass is 10.1. The van der Waals surface area contributed by atoms with E-state index in [0.717, 1.165) is 16.3 Å². The Morgan fingerprint density at radius 2 is 1.92 bits per heavy atom. The molecule has 134 valence electrons. The molecule has 0 atom stereocenters. The van der Waals surface area contributed by atoms with Crippen LogP contribution in [-0.2, 0) is 16.4 Å². The summed E-state index contributed by atoms with van der Waals surface area (Å²) in [5.41, 5.74) is 1.82. The van der Waals surface area contributed by atoms with Gasteiger partial charge in [0.05, 0.1) is 5.75 Å². The standard InChI is InChI=1S/C19H19N3O3S/c1-20-19(23)16-4-2-3-14(11-16)8-10-26(24,25)22-18-6-5-17-13-21-9-7-15(17)12-18/h2-7,9,11-13,22H,8,10H2,1H3,(H,20,23). The Balaban J connectivity index is 1.69. The van der Waals surface area contributed by atoms with Crippen LogP contribution in [0.25, 0.3) is 10.8 Å². The lowest BCUT2D eigenvalue weighted by molar-refractivity contribution is 0.0963. The van der Waals surface area contributed by atoms with Gasteiger partial charge in [-0.25, -0.2) is 8.42 Å². The highest BCUT2D eigenvalue weighted by atomic mass is 32.2. The average Bonchev–Trinajstić information content (AvgIpc) is 2.65. The first-order valence-electron chi connectivity index (χ1n) is 8.12. The molecule has 0 radical (unpaired) electrons. The maximum absolute atomic E-state index is 12.4. The second-order valence-electron chi connectivity index (χ2n) is 5.89. The first-order valence-corrected chi connectivity index (χ1v) is 9.77. The van der Waals surface area contributed by atoms with Gasteiger partial charge in [0, 0.05) is 36.1 Å². The number of carbonyl (C=O) groups excluding carboxylic acids is 1. The highest BCUT2D eigenvalue weighted by molar-refractivity contribution is 7.92. The van der Waals surface area contributed by atoms with E-state index in [0.29, 0.717) is 17.7 Å². The molecule has 1 amide bonds. The molecule has 0 fully saturated rings. The minimum atomic E-state index is -3.51. The summed E-state index contributed by atoms with van der Waals surface area (Å²) in [6, 6.07) is 14.1. The average molecular weight is 369 g/mol. The molecule has 0 unspecified atom stereocenters. The van der Waals surface area contributed by atoms with Crippen molar-refractivity contribution in [2.45, 2.75) is 6.42 Å². The first-order chi connectivity index (χ1) is 12.5. The zero-order valence-corrected chi connectivity index (χ0v) is 15.1. The van der Waals surface area contributed by atoms with Crippen molar-refractivity contribution in [3.63, 3.8) is 0 Å². The number of nitrogens with zero attached hydrogens (tertiary/aromatic N) is 1. The van der Waals surface area contributed by atoms with Gasteiger partial charge in [0.1, 0.15) is 0 Å². The van der Waals surface area contributed by atoms with Crippen molar-refractivity contribution >= 4 is 32.4 Å². The van der Waals surface area contributed by atoms with E-state index in [1.807, 2.05) is 18.2 Å². The van der Waals surface area contributed by atoms with E-state index in [2.05, 4.69) is 15.0 Å². The molecule has 3 rings (SSSR count). The molecule has 0 spiro atoms. The van der Waals surface area contributed by atoms with Crippen LogP contribution in [0.15, 0.2) is 60.9 Å². The Bertz CT molecular complexity index is 1050. The van der Waals surface area contributed by atoms with E-state index >= 15 is 0 Å². The highest BCUT2D eigenvalue weighted by Crippen LogP contribution is 2.19. The summed E-state index contributed by atoms with van der Waals surface area (Å²) < 4.78 is 27.4. The number of benzene rings is 2. The molecule has 0 aliphatic rings. The summed E-state index contributed by atoms with van der Waals surface area (Å²) >= 11 is 0. The summed E-state index contributed by atoms with van der Waals surface area (Å²) in [6.45, 7) is 0. The Kier molecular flexibility index (Phi) is 5.18. The smallest absolute Gasteiger partial charge is 0.251 e. The SMILES string of the molecule is CNC(=O)c1cccc(CCS(=O)(=O)Nc2ccc3cnccc3c2)c1. The molecular formula is C19H19N3O3S. The molecule has 0 aliphatic carbocycles. The van der Waals surface area contributed by atoms with E-state index in [4.69, 9.17) is 0 Å².